The molecule has 0 aliphatic rings. The molecule has 27 heavy (non-hydrogen) atoms. The number of ether oxygens (including phenoxy) is 2. The first-order chi connectivity index (χ1) is 13.2. The fourth-order valence-corrected chi connectivity index (χ4v) is 3.33. The molecule has 0 atom stereocenters. The second-order valence-corrected chi connectivity index (χ2v) is 7.19. The lowest BCUT2D eigenvalue weighted by Gasteiger charge is -2.12. The minimum absolute atomic E-state index is 0.103. The van der Waals surface area contributed by atoms with Gasteiger partial charge in [0.05, 0.1) is 19.8 Å². The minimum Gasteiger partial charge on any atom is -0.493 e. The maximum absolute atomic E-state index is 12.3. The number of carbonyl (C=O) groups excluding carboxylic acids is 1. The molecule has 0 unspecified atom stereocenters. The molecule has 0 aliphatic carbocycles. The average molecular weight is 378 g/mol. The number of methoxy groups -OCH3 is 2. The topological polar surface area (TPSA) is 47.6 Å². The van der Waals surface area contributed by atoms with Crippen LogP contribution in [0.15, 0.2) is 18.2 Å². The zero-order valence-corrected chi connectivity index (χ0v) is 17.6. The van der Waals surface area contributed by atoms with Crippen LogP contribution in [0.4, 0.5) is 0 Å². The summed E-state index contributed by atoms with van der Waals surface area (Å²) in [6.45, 7) is 2.97. The van der Waals surface area contributed by atoms with E-state index in [2.05, 4.69) is 12.2 Å². The Labute approximate surface area is 166 Å². The first-order valence-electron chi connectivity index (χ1n) is 10.7. The number of rotatable bonds is 16. The van der Waals surface area contributed by atoms with Gasteiger partial charge in [0, 0.05) is 6.54 Å². The van der Waals surface area contributed by atoms with Crippen LogP contribution in [0, 0.1) is 0 Å². The van der Waals surface area contributed by atoms with E-state index in [0.29, 0.717) is 23.6 Å². The molecule has 0 fully saturated rings. The van der Waals surface area contributed by atoms with Gasteiger partial charge in [-0.2, -0.15) is 0 Å². The fraction of sp³-hybridized carbons (Fsp3) is 0.696. The van der Waals surface area contributed by atoms with Crippen molar-refractivity contribution in [2.45, 2.75) is 84.0 Å². The van der Waals surface area contributed by atoms with Crippen molar-refractivity contribution in [1.82, 2.24) is 5.32 Å². The summed E-state index contributed by atoms with van der Waals surface area (Å²) < 4.78 is 10.6. The molecule has 154 valence electrons. The number of carbonyl (C=O) groups is 1. The van der Waals surface area contributed by atoms with Gasteiger partial charge in [-0.1, -0.05) is 83.6 Å². The molecule has 0 aromatic heterocycles. The van der Waals surface area contributed by atoms with Gasteiger partial charge in [0.2, 0.25) is 0 Å². The van der Waals surface area contributed by atoms with E-state index < -0.39 is 0 Å². The number of hydrogen-bond donors (Lipinski definition) is 1. The van der Waals surface area contributed by atoms with Gasteiger partial charge in [-0.25, -0.2) is 0 Å². The smallest absolute Gasteiger partial charge is 0.255 e. The molecule has 1 aromatic carbocycles. The minimum atomic E-state index is -0.103. The summed E-state index contributed by atoms with van der Waals surface area (Å²) in [5.74, 6) is 0.969. The van der Waals surface area contributed by atoms with Crippen molar-refractivity contribution in [3.8, 4) is 11.5 Å². The van der Waals surface area contributed by atoms with Crippen LogP contribution in [-0.2, 0) is 0 Å². The van der Waals surface area contributed by atoms with Crippen LogP contribution in [0.2, 0.25) is 0 Å². The highest BCUT2D eigenvalue weighted by atomic mass is 16.5. The first-order valence-corrected chi connectivity index (χ1v) is 10.7. The van der Waals surface area contributed by atoms with Crippen LogP contribution >= 0.6 is 0 Å². The predicted molar refractivity (Wildman–Crippen MR) is 113 cm³/mol. The second-order valence-electron chi connectivity index (χ2n) is 7.19. The Balaban J connectivity index is 2.06. The number of amides is 1. The van der Waals surface area contributed by atoms with E-state index in [1.165, 1.54) is 70.6 Å². The van der Waals surface area contributed by atoms with Crippen molar-refractivity contribution in [3.63, 3.8) is 0 Å². The van der Waals surface area contributed by atoms with Gasteiger partial charge in [0.15, 0.2) is 11.5 Å². The normalized spacial score (nSPS) is 10.6. The van der Waals surface area contributed by atoms with Gasteiger partial charge in [0.1, 0.15) is 0 Å². The Morgan fingerprint density at radius 1 is 0.815 bits per heavy atom. The van der Waals surface area contributed by atoms with E-state index in [4.69, 9.17) is 9.47 Å². The molecule has 1 N–H and O–H groups in total. The largest absolute Gasteiger partial charge is 0.493 e. The first kappa shape index (κ1) is 23.3. The van der Waals surface area contributed by atoms with Gasteiger partial charge in [0.25, 0.3) is 5.91 Å². The fourth-order valence-electron chi connectivity index (χ4n) is 3.33. The maximum Gasteiger partial charge on any atom is 0.255 e. The summed E-state index contributed by atoms with van der Waals surface area (Å²) in [7, 11) is 3.13. The Morgan fingerprint density at radius 3 is 1.89 bits per heavy atom. The Hall–Kier alpha value is -1.71. The molecule has 0 bridgehead atoms. The van der Waals surface area contributed by atoms with Gasteiger partial charge in [-0.3, -0.25) is 4.79 Å². The molecular formula is C23H39NO3. The third-order valence-electron chi connectivity index (χ3n) is 4.96. The summed E-state index contributed by atoms with van der Waals surface area (Å²) in [5, 5.41) is 2.99. The van der Waals surface area contributed by atoms with E-state index in [0.717, 1.165) is 6.42 Å². The van der Waals surface area contributed by atoms with Crippen LogP contribution < -0.4 is 14.8 Å². The van der Waals surface area contributed by atoms with Crippen molar-refractivity contribution >= 4 is 5.91 Å². The number of unbranched alkanes of at least 4 members (excludes halogenated alkanes) is 11. The summed E-state index contributed by atoms with van der Waals surface area (Å²) in [4.78, 5) is 12.3. The highest BCUT2D eigenvalue weighted by Crippen LogP contribution is 2.30. The van der Waals surface area contributed by atoms with Crippen LogP contribution in [-0.4, -0.2) is 26.7 Å². The molecule has 0 saturated carbocycles. The lowest BCUT2D eigenvalue weighted by molar-refractivity contribution is 0.0949. The molecule has 4 nitrogen and oxygen atoms in total. The third kappa shape index (κ3) is 9.69. The summed E-state index contributed by atoms with van der Waals surface area (Å²) >= 11 is 0. The van der Waals surface area contributed by atoms with Gasteiger partial charge >= 0.3 is 0 Å². The molecule has 0 radical (unpaired) electrons. The summed E-state index contributed by atoms with van der Waals surface area (Å²) in [6, 6.07) is 5.36. The quantitative estimate of drug-likeness (QED) is 0.352. The molecule has 4 heteroatoms. The lowest BCUT2D eigenvalue weighted by atomic mass is 10.1. The monoisotopic (exact) mass is 377 g/mol. The molecule has 0 spiro atoms. The number of para-hydroxylation sites is 1. The van der Waals surface area contributed by atoms with Gasteiger partial charge in [-0.15, -0.1) is 0 Å². The molecule has 0 heterocycles. The van der Waals surface area contributed by atoms with Crippen LogP contribution in [0.1, 0.15) is 94.3 Å². The lowest BCUT2D eigenvalue weighted by Crippen LogP contribution is -2.25. The van der Waals surface area contributed by atoms with E-state index >= 15 is 0 Å². The van der Waals surface area contributed by atoms with Crippen molar-refractivity contribution in [1.29, 1.82) is 0 Å². The number of hydrogen-bond acceptors (Lipinski definition) is 3. The molecule has 0 aliphatic heterocycles. The van der Waals surface area contributed by atoms with Crippen molar-refractivity contribution in [2.75, 3.05) is 20.8 Å². The Bertz CT molecular complexity index is 516. The van der Waals surface area contributed by atoms with E-state index in [1.807, 2.05) is 0 Å². The van der Waals surface area contributed by atoms with Crippen LogP contribution in [0.5, 0.6) is 11.5 Å². The number of benzene rings is 1. The maximum atomic E-state index is 12.3. The summed E-state index contributed by atoms with van der Waals surface area (Å²) in [5.41, 5.74) is 0.524. The van der Waals surface area contributed by atoms with Crippen molar-refractivity contribution in [3.05, 3.63) is 23.8 Å². The molecule has 1 aromatic rings. The van der Waals surface area contributed by atoms with E-state index in [9.17, 15) is 4.79 Å². The molecule has 0 saturated heterocycles. The highest BCUT2D eigenvalue weighted by Gasteiger charge is 2.15. The average Bonchev–Trinajstić information content (AvgIpc) is 2.70. The molecule has 1 rings (SSSR count). The predicted octanol–water partition coefficient (Wildman–Crippen LogP) is 6.13. The zero-order valence-electron chi connectivity index (χ0n) is 17.6. The molecule has 1 amide bonds. The standard InChI is InChI=1S/C23H39NO3/c1-4-5-6-7-8-9-10-11-12-13-14-15-19-24-23(25)20-17-16-18-21(26-2)22(20)27-3/h16-18H,4-15,19H2,1-3H3,(H,24,25). The highest BCUT2D eigenvalue weighted by molar-refractivity contribution is 5.97. The van der Waals surface area contributed by atoms with E-state index in [1.54, 1.807) is 32.4 Å². The molecular weight excluding hydrogens is 338 g/mol. The van der Waals surface area contributed by atoms with Crippen LogP contribution in [0.25, 0.3) is 0 Å². The van der Waals surface area contributed by atoms with Crippen molar-refractivity contribution < 1.29 is 14.3 Å². The van der Waals surface area contributed by atoms with Gasteiger partial charge in [-0.05, 0) is 18.6 Å². The number of nitrogens with one attached hydrogen (secondary N) is 1. The van der Waals surface area contributed by atoms with Gasteiger partial charge < -0.3 is 14.8 Å². The Kier molecular flexibility index (Phi) is 13.3. The third-order valence-corrected chi connectivity index (χ3v) is 4.96. The SMILES string of the molecule is CCCCCCCCCCCCCCNC(=O)c1cccc(OC)c1OC. The van der Waals surface area contributed by atoms with Crippen LogP contribution in [0.3, 0.4) is 0 Å². The van der Waals surface area contributed by atoms with Crippen molar-refractivity contribution in [2.24, 2.45) is 0 Å². The Morgan fingerprint density at radius 2 is 1.37 bits per heavy atom. The second kappa shape index (κ2) is 15.4. The van der Waals surface area contributed by atoms with E-state index in [-0.39, 0.29) is 5.91 Å². The zero-order chi connectivity index (χ0) is 19.7. The summed E-state index contributed by atoms with van der Waals surface area (Å²) in [6.07, 6.45) is 15.8.